The van der Waals surface area contributed by atoms with Crippen LogP contribution in [0.15, 0.2) is 24.5 Å². The molecule has 0 unspecified atom stereocenters. The SMILES string of the molecule is CCOC(=O)COc1ccncc1. The summed E-state index contributed by atoms with van der Waals surface area (Å²) in [5.41, 5.74) is 0. The van der Waals surface area contributed by atoms with Crippen molar-refractivity contribution in [1.82, 2.24) is 4.98 Å². The Kier molecular flexibility index (Phi) is 3.75. The number of pyridine rings is 1. The van der Waals surface area contributed by atoms with Gasteiger partial charge in [-0.05, 0) is 19.1 Å². The van der Waals surface area contributed by atoms with E-state index >= 15 is 0 Å². The van der Waals surface area contributed by atoms with Gasteiger partial charge in [-0.1, -0.05) is 0 Å². The van der Waals surface area contributed by atoms with Gasteiger partial charge in [0.15, 0.2) is 6.61 Å². The summed E-state index contributed by atoms with van der Waals surface area (Å²) in [4.78, 5) is 14.7. The highest BCUT2D eigenvalue weighted by Gasteiger charge is 2.01. The van der Waals surface area contributed by atoms with Crippen LogP contribution >= 0.6 is 0 Å². The fraction of sp³-hybridized carbons (Fsp3) is 0.333. The van der Waals surface area contributed by atoms with Gasteiger partial charge in [0.05, 0.1) is 6.61 Å². The summed E-state index contributed by atoms with van der Waals surface area (Å²) in [6.07, 6.45) is 3.20. The van der Waals surface area contributed by atoms with Crippen LogP contribution in [0.25, 0.3) is 0 Å². The molecule has 0 aliphatic rings. The number of carbonyl (C=O) groups is 1. The number of carbonyl (C=O) groups excluding carboxylic acids is 1. The minimum absolute atomic E-state index is 0.0577. The van der Waals surface area contributed by atoms with Crippen molar-refractivity contribution in [3.8, 4) is 5.75 Å². The molecule has 0 fully saturated rings. The maximum absolute atomic E-state index is 10.9. The molecule has 0 spiro atoms. The molecule has 0 bridgehead atoms. The minimum atomic E-state index is -0.362. The van der Waals surface area contributed by atoms with Gasteiger partial charge in [0.2, 0.25) is 0 Å². The lowest BCUT2D eigenvalue weighted by molar-refractivity contribution is -0.145. The van der Waals surface area contributed by atoms with Crippen LogP contribution in [-0.4, -0.2) is 24.2 Å². The molecule has 0 aromatic carbocycles. The molecule has 0 atom stereocenters. The van der Waals surface area contributed by atoms with Crippen molar-refractivity contribution in [1.29, 1.82) is 0 Å². The van der Waals surface area contributed by atoms with E-state index in [-0.39, 0.29) is 12.6 Å². The molecule has 0 amide bonds. The molecule has 4 heteroatoms. The van der Waals surface area contributed by atoms with Crippen LogP contribution < -0.4 is 4.74 Å². The Balaban J connectivity index is 2.31. The number of esters is 1. The van der Waals surface area contributed by atoms with Gasteiger partial charge in [-0.3, -0.25) is 4.98 Å². The van der Waals surface area contributed by atoms with E-state index in [0.717, 1.165) is 0 Å². The topological polar surface area (TPSA) is 48.4 Å². The van der Waals surface area contributed by atoms with E-state index in [9.17, 15) is 4.79 Å². The van der Waals surface area contributed by atoms with Gasteiger partial charge in [0.1, 0.15) is 5.75 Å². The zero-order valence-corrected chi connectivity index (χ0v) is 7.40. The lowest BCUT2D eigenvalue weighted by atomic mass is 10.4. The minimum Gasteiger partial charge on any atom is -0.482 e. The summed E-state index contributed by atoms with van der Waals surface area (Å²) in [7, 11) is 0. The van der Waals surface area contributed by atoms with Crippen LogP contribution in [0.3, 0.4) is 0 Å². The first-order valence-electron chi connectivity index (χ1n) is 4.01. The van der Waals surface area contributed by atoms with E-state index in [1.807, 2.05) is 0 Å². The number of nitrogens with zero attached hydrogens (tertiary/aromatic N) is 1. The van der Waals surface area contributed by atoms with E-state index < -0.39 is 0 Å². The van der Waals surface area contributed by atoms with Crippen molar-refractivity contribution in [3.05, 3.63) is 24.5 Å². The number of hydrogen-bond acceptors (Lipinski definition) is 4. The molecule has 0 radical (unpaired) electrons. The van der Waals surface area contributed by atoms with Crippen LogP contribution in [0, 0.1) is 0 Å². The molecule has 0 N–H and O–H groups in total. The van der Waals surface area contributed by atoms with Crippen LogP contribution in [0.1, 0.15) is 6.92 Å². The normalized spacial score (nSPS) is 9.31. The van der Waals surface area contributed by atoms with Crippen molar-refractivity contribution >= 4 is 5.97 Å². The van der Waals surface area contributed by atoms with Gasteiger partial charge in [0.25, 0.3) is 0 Å². The first kappa shape index (κ1) is 9.51. The average Bonchev–Trinajstić information content (AvgIpc) is 2.17. The number of rotatable bonds is 4. The van der Waals surface area contributed by atoms with Crippen molar-refractivity contribution in [2.75, 3.05) is 13.2 Å². The summed E-state index contributed by atoms with van der Waals surface area (Å²) in [5, 5.41) is 0. The van der Waals surface area contributed by atoms with Crippen molar-refractivity contribution < 1.29 is 14.3 Å². The second-order valence-electron chi connectivity index (χ2n) is 2.28. The van der Waals surface area contributed by atoms with Crippen LogP contribution in [-0.2, 0) is 9.53 Å². The molecule has 1 rings (SSSR count). The Bertz CT molecular complexity index is 261. The second-order valence-corrected chi connectivity index (χ2v) is 2.28. The molecular weight excluding hydrogens is 170 g/mol. The fourth-order valence-corrected chi connectivity index (χ4v) is 0.779. The Labute approximate surface area is 76.5 Å². The highest BCUT2D eigenvalue weighted by molar-refractivity contribution is 5.71. The third-order valence-electron chi connectivity index (χ3n) is 1.31. The maximum Gasteiger partial charge on any atom is 0.344 e. The molecule has 0 saturated carbocycles. The third-order valence-corrected chi connectivity index (χ3v) is 1.31. The Morgan fingerprint density at radius 3 is 2.77 bits per heavy atom. The van der Waals surface area contributed by atoms with Crippen molar-refractivity contribution in [3.63, 3.8) is 0 Å². The molecule has 1 heterocycles. The summed E-state index contributed by atoms with van der Waals surface area (Å²) in [6, 6.07) is 3.36. The van der Waals surface area contributed by atoms with E-state index in [1.54, 1.807) is 31.5 Å². The molecule has 4 nitrogen and oxygen atoms in total. The van der Waals surface area contributed by atoms with Crippen LogP contribution in [0.5, 0.6) is 5.75 Å². The Hall–Kier alpha value is -1.58. The highest BCUT2D eigenvalue weighted by Crippen LogP contribution is 2.06. The van der Waals surface area contributed by atoms with Gasteiger partial charge in [0, 0.05) is 12.4 Å². The van der Waals surface area contributed by atoms with E-state index in [4.69, 9.17) is 4.74 Å². The second kappa shape index (κ2) is 5.13. The number of hydrogen-bond donors (Lipinski definition) is 0. The smallest absolute Gasteiger partial charge is 0.344 e. The van der Waals surface area contributed by atoms with E-state index in [0.29, 0.717) is 12.4 Å². The molecule has 0 aliphatic heterocycles. The van der Waals surface area contributed by atoms with Crippen LogP contribution in [0.4, 0.5) is 0 Å². The Morgan fingerprint density at radius 1 is 1.46 bits per heavy atom. The standard InChI is InChI=1S/C9H11NO3/c1-2-12-9(11)7-13-8-3-5-10-6-4-8/h3-6H,2,7H2,1H3. The summed E-state index contributed by atoms with van der Waals surface area (Å²) in [6.45, 7) is 2.07. The maximum atomic E-state index is 10.9. The largest absolute Gasteiger partial charge is 0.482 e. The van der Waals surface area contributed by atoms with Crippen molar-refractivity contribution in [2.45, 2.75) is 6.92 Å². The van der Waals surface area contributed by atoms with Crippen LogP contribution in [0.2, 0.25) is 0 Å². The molecular formula is C9H11NO3. The first-order valence-corrected chi connectivity index (χ1v) is 4.01. The zero-order valence-electron chi connectivity index (χ0n) is 7.40. The average molecular weight is 181 g/mol. The summed E-state index contributed by atoms with van der Waals surface area (Å²) in [5.74, 6) is 0.252. The molecule has 0 saturated heterocycles. The predicted molar refractivity (Wildman–Crippen MR) is 46.4 cm³/mol. The lowest BCUT2D eigenvalue weighted by Gasteiger charge is -2.04. The molecule has 1 aromatic heterocycles. The monoisotopic (exact) mass is 181 g/mol. The Morgan fingerprint density at radius 2 is 2.15 bits per heavy atom. The highest BCUT2D eigenvalue weighted by atomic mass is 16.6. The van der Waals surface area contributed by atoms with Gasteiger partial charge >= 0.3 is 5.97 Å². The fourth-order valence-electron chi connectivity index (χ4n) is 0.779. The number of ether oxygens (including phenoxy) is 2. The summed E-state index contributed by atoms with van der Waals surface area (Å²) >= 11 is 0. The van der Waals surface area contributed by atoms with Gasteiger partial charge in [-0.15, -0.1) is 0 Å². The third kappa shape index (κ3) is 3.55. The molecule has 0 aliphatic carbocycles. The van der Waals surface area contributed by atoms with Gasteiger partial charge in [-0.2, -0.15) is 0 Å². The predicted octanol–water partition coefficient (Wildman–Crippen LogP) is 1.02. The van der Waals surface area contributed by atoms with E-state index in [2.05, 4.69) is 9.72 Å². The zero-order chi connectivity index (χ0) is 9.52. The molecule has 70 valence electrons. The summed E-state index contributed by atoms with van der Waals surface area (Å²) < 4.78 is 9.79. The lowest BCUT2D eigenvalue weighted by Crippen LogP contribution is -2.14. The van der Waals surface area contributed by atoms with Gasteiger partial charge < -0.3 is 9.47 Å². The van der Waals surface area contributed by atoms with Gasteiger partial charge in [-0.25, -0.2) is 4.79 Å². The molecule has 1 aromatic rings. The van der Waals surface area contributed by atoms with E-state index in [1.165, 1.54) is 0 Å². The van der Waals surface area contributed by atoms with Crippen molar-refractivity contribution in [2.24, 2.45) is 0 Å². The quantitative estimate of drug-likeness (QED) is 0.651. The molecule has 13 heavy (non-hydrogen) atoms. The first-order chi connectivity index (χ1) is 6.33. The number of aromatic nitrogens is 1.